The summed E-state index contributed by atoms with van der Waals surface area (Å²) >= 11 is 0. The summed E-state index contributed by atoms with van der Waals surface area (Å²) in [6.45, 7) is 2.55. The Bertz CT molecular complexity index is 604. The van der Waals surface area contributed by atoms with Crippen LogP contribution in [-0.2, 0) is 9.53 Å². The van der Waals surface area contributed by atoms with Crippen LogP contribution >= 0.6 is 24.0 Å². The SMILES string of the molecule is CN=C(NCCNC(=O)c1cccnc1)N1CCC(C(=O)OC)CC1.I. The van der Waals surface area contributed by atoms with Gasteiger partial charge in [0.1, 0.15) is 0 Å². The first-order valence-corrected chi connectivity index (χ1v) is 8.37. The van der Waals surface area contributed by atoms with Gasteiger partial charge in [-0.2, -0.15) is 0 Å². The van der Waals surface area contributed by atoms with E-state index in [9.17, 15) is 9.59 Å². The van der Waals surface area contributed by atoms with Gasteiger partial charge in [-0.15, -0.1) is 24.0 Å². The predicted molar refractivity (Wildman–Crippen MR) is 110 cm³/mol. The Balaban J connectivity index is 0.00000338. The topological polar surface area (TPSA) is 95.9 Å². The van der Waals surface area contributed by atoms with Crippen LogP contribution in [0, 0.1) is 5.92 Å². The lowest BCUT2D eigenvalue weighted by molar-refractivity contribution is -0.146. The van der Waals surface area contributed by atoms with E-state index in [1.54, 1.807) is 25.4 Å². The minimum atomic E-state index is -0.149. The lowest BCUT2D eigenvalue weighted by Crippen LogP contribution is -2.48. The third-order valence-corrected chi connectivity index (χ3v) is 4.16. The molecule has 2 heterocycles. The van der Waals surface area contributed by atoms with Crippen LogP contribution in [0.1, 0.15) is 23.2 Å². The van der Waals surface area contributed by atoms with Crippen LogP contribution in [0.25, 0.3) is 0 Å². The number of carbonyl (C=O) groups is 2. The van der Waals surface area contributed by atoms with Crippen LogP contribution < -0.4 is 10.6 Å². The molecule has 1 aromatic heterocycles. The number of amides is 1. The number of methoxy groups -OCH3 is 1. The fraction of sp³-hybridized carbons (Fsp3) is 0.529. The third-order valence-electron chi connectivity index (χ3n) is 4.16. The van der Waals surface area contributed by atoms with Crippen LogP contribution in [0.3, 0.4) is 0 Å². The number of rotatable bonds is 5. The number of ether oxygens (including phenoxy) is 1. The zero-order valence-corrected chi connectivity index (χ0v) is 17.4. The van der Waals surface area contributed by atoms with Gasteiger partial charge in [0.05, 0.1) is 18.6 Å². The summed E-state index contributed by atoms with van der Waals surface area (Å²) in [5.41, 5.74) is 0.539. The van der Waals surface area contributed by atoms with Gasteiger partial charge < -0.3 is 20.3 Å². The number of carbonyl (C=O) groups excluding carboxylic acids is 2. The Morgan fingerprint density at radius 3 is 2.58 bits per heavy atom. The first-order chi connectivity index (χ1) is 12.2. The van der Waals surface area contributed by atoms with E-state index in [0.29, 0.717) is 18.7 Å². The molecular weight excluding hydrogens is 449 g/mol. The van der Waals surface area contributed by atoms with Crippen molar-refractivity contribution < 1.29 is 14.3 Å². The van der Waals surface area contributed by atoms with Crippen molar-refractivity contribution in [2.24, 2.45) is 10.9 Å². The van der Waals surface area contributed by atoms with E-state index in [0.717, 1.165) is 31.9 Å². The average molecular weight is 475 g/mol. The number of aromatic nitrogens is 1. The Morgan fingerprint density at radius 2 is 2.00 bits per heavy atom. The molecule has 2 N–H and O–H groups in total. The van der Waals surface area contributed by atoms with Gasteiger partial charge in [-0.05, 0) is 25.0 Å². The summed E-state index contributed by atoms with van der Waals surface area (Å²) in [6.07, 6.45) is 4.68. The first kappa shape index (κ1) is 22.1. The molecular formula is C17H26IN5O3. The van der Waals surface area contributed by atoms with Crippen LogP contribution in [0.5, 0.6) is 0 Å². The minimum Gasteiger partial charge on any atom is -0.469 e. The summed E-state index contributed by atoms with van der Waals surface area (Å²) in [4.78, 5) is 33.8. The number of hydrogen-bond donors (Lipinski definition) is 2. The minimum absolute atomic E-state index is 0. The summed E-state index contributed by atoms with van der Waals surface area (Å²) in [5, 5.41) is 6.07. The second-order valence-corrected chi connectivity index (χ2v) is 5.76. The van der Waals surface area contributed by atoms with Crippen molar-refractivity contribution in [1.29, 1.82) is 0 Å². The lowest BCUT2D eigenvalue weighted by Gasteiger charge is -2.33. The molecule has 1 amide bonds. The van der Waals surface area contributed by atoms with Gasteiger partial charge in [0.15, 0.2) is 5.96 Å². The van der Waals surface area contributed by atoms with Crippen molar-refractivity contribution in [3.63, 3.8) is 0 Å². The molecule has 8 nitrogen and oxygen atoms in total. The number of esters is 1. The number of likely N-dealkylation sites (tertiary alicyclic amines) is 1. The van der Waals surface area contributed by atoms with E-state index in [1.165, 1.54) is 13.3 Å². The zero-order valence-electron chi connectivity index (χ0n) is 15.1. The molecule has 0 bridgehead atoms. The Kier molecular flexibility index (Phi) is 9.92. The molecule has 144 valence electrons. The maximum Gasteiger partial charge on any atom is 0.308 e. The van der Waals surface area contributed by atoms with Crippen LogP contribution in [0.2, 0.25) is 0 Å². The Morgan fingerprint density at radius 1 is 1.31 bits per heavy atom. The first-order valence-electron chi connectivity index (χ1n) is 8.37. The highest BCUT2D eigenvalue weighted by atomic mass is 127. The maximum absolute atomic E-state index is 11.9. The number of pyridine rings is 1. The van der Waals surface area contributed by atoms with Crippen LogP contribution in [-0.4, -0.2) is 68.1 Å². The van der Waals surface area contributed by atoms with E-state index in [4.69, 9.17) is 4.74 Å². The number of piperidine rings is 1. The second kappa shape index (κ2) is 11.7. The van der Waals surface area contributed by atoms with Gasteiger partial charge in [0.25, 0.3) is 5.91 Å². The smallest absolute Gasteiger partial charge is 0.308 e. The Hall–Kier alpha value is -1.91. The summed E-state index contributed by atoms with van der Waals surface area (Å²) in [6, 6.07) is 3.45. The standard InChI is InChI=1S/C17H25N5O3.HI/c1-18-17(22-10-5-13(6-11-22)16(24)25-2)21-9-8-20-15(23)14-4-3-7-19-12-14;/h3-4,7,12-13H,5-6,8-11H2,1-2H3,(H,18,21)(H,20,23);1H. The second-order valence-electron chi connectivity index (χ2n) is 5.76. The van der Waals surface area contributed by atoms with E-state index in [2.05, 4.69) is 25.5 Å². The lowest BCUT2D eigenvalue weighted by atomic mass is 9.97. The Labute approximate surface area is 170 Å². The highest BCUT2D eigenvalue weighted by Crippen LogP contribution is 2.18. The molecule has 1 saturated heterocycles. The van der Waals surface area contributed by atoms with Crippen molar-refractivity contribution in [2.45, 2.75) is 12.8 Å². The van der Waals surface area contributed by atoms with Gasteiger partial charge in [-0.1, -0.05) is 0 Å². The monoisotopic (exact) mass is 475 g/mol. The zero-order chi connectivity index (χ0) is 18.1. The number of aliphatic imine (C=N–C) groups is 1. The average Bonchev–Trinajstić information content (AvgIpc) is 2.68. The molecule has 0 radical (unpaired) electrons. The molecule has 1 aliphatic heterocycles. The van der Waals surface area contributed by atoms with Gasteiger partial charge in [0.2, 0.25) is 0 Å². The van der Waals surface area contributed by atoms with E-state index < -0.39 is 0 Å². The van der Waals surface area contributed by atoms with Crippen molar-refractivity contribution in [3.05, 3.63) is 30.1 Å². The number of hydrogen-bond acceptors (Lipinski definition) is 5. The molecule has 1 aliphatic rings. The van der Waals surface area contributed by atoms with Crippen molar-refractivity contribution in [3.8, 4) is 0 Å². The van der Waals surface area contributed by atoms with E-state index in [-0.39, 0.29) is 41.8 Å². The normalized spacial score (nSPS) is 15.0. The molecule has 1 aromatic rings. The van der Waals surface area contributed by atoms with Gasteiger partial charge in [-0.25, -0.2) is 0 Å². The van der Waals surface area contributed by atoms with Gasteiger partial charge in [0, 0.05) is 45.6 Å². The fourth-order valence-electron chi connectivity index (χ4n) is 2.78. The molecule has 9 heteroatoms. The van der Waals surface area contributed by atoms with Crippen LogP contribution in [0.15, 0.2) is 29.5 Å². The van der Waals surface area contributed by atoms with E-state index in [1.807, 2.05) is 0 Å². The number of nitrogens with zero attached hydrogens (tertiary/aromatic N) is 3. The quantitative estimate of drug-likeness (QED) is 0.216. The largest absolute Gasteiger partial charge is 0.469 e. The molecule has 0 aromatic carbocycles. The molecule has 0 aliphatic carbocycles. The summed E-state index contributed by atoms with van der Waals surface area (Å²) in [7, 11) is 3.15. The van der Waals surface area contributed by atoms with Crippen LogP contribution in [0.4, 0.5) is 0 Å². The molecule has 1 fully saturated rings. The van der Waals surface area contributed by atoms with Gasteiger partial charge >= 0.3 is 5.97 Å². The van der Waals surface area contributed by atoms with E-state index >= 15 is 0 Å². The van der Waals surface area contributed by atoms with Gasteiger partial charge in [-0.3, -0.25) is 19.6 Å². The molecule has 26 heavy (non-hydrogen) atoms. The summed E-state index contributed by atoms with van der Waals surface area (Å²) < 4.78 is 4.80. The molecule has 0 atom stereocenters. The highest BCUT2D eigenvalue weighted by molar-refractivity contribution is 14.0. The van der Waals surface area contributed by atoms with Crippen molar-refractivity contribution in [2.75, 3.05) is 40.3 Å². The maximum atomic E-state index is 11.9. The summed E-state index contributed by atoms with van der Waals surface area (Å²) in [5.74, 6) is 0.460. The third kappa shape index (κ3) is 6.43. The molecule has 0 spiro atoms. The molecule has 0 unspecified atom stereocenters. The number of nitrogens with one attached hydrogen (secondary N) is 2. The van der Waals surface area contributed by atoms with Crippen molar-refractivity contribution in [1.82, 2.24) is 20.5 Å². The highest BCUT2D eigenvalue weighted by Gasteiger charge is 2.26. The predicted octanol–water partition coefficient (Wildman–Crippen LogP) is 0.890. The molecule has 0 saturated carbocycles. The van der Waals surface area contributed by atoms with Crippen molar-refractivity contribution >= 4 is 41.8 Å². The number of guanidine groups is 1. The fourth-order valence-corrected chi connectivity index (χ4v) is 2.78. The number of halogens is 1. The molecule has 2 rings (SSSR count).